The van der Waals surface area contributed by atoms with Gasteiger partial charge >= 0.3 is 0 Å². The summed E-state index contributed by atoms with van der Waals surface area (Å²) in [6, 6.07) is 5.40. The lowest BCUT2D eigenvalue weighted by Crippen LogP contribution is -2.34. The van der Waals surface area contributed by atoms with Gasteiger partial charge in [0.1, 0.15) is 11.9 Å². The summed E-state index contributed by atoms with van der Waals surface area (Å²) >= 11 is 7.29. The molecule has 3 nitrogen and oxygen atoms in total. The molecule has 96 valence electrons. The molecule has 1 rings (SSSR count). The highest BCUT2D eigenvalue weighted by Crippen LogP contribution is 2.43. The van der Waals surface area contributed by atoms with Gasteiger partial charge in [0.05, 0.1) is 5.75 Å². The van der Waals surface area contributed by atoms with Crippen LogP contribution in [0.5, 0.6) is 0 Å². The molecule has 0 saturated heterocycles. The molecule has 0 aliphatic carbocycles. The summed E-state index contributed by atoms with van der Waals surface area (Å²) in [4.78, 5) is 0. The zero-order valence-corrected chi connectivity index (χ0v) is 12.6. The molecular weight excluding hydrogens is 382 g/mol. The van der Waals surface area contributed by atoms with Crippen molar-refractivity contribution in [3.63, 3.8) is 0 Å². The Kier molecular flexibility index (Phi) is 4.79. The molecule has 0 saturated carbocycles. The maximum Gasteiger partial charge on any atom is 0.225 e. The molecule has 0 aromatic heterocycles. The largest absolute Gasteiger partial charge is 0.384 e. The highest BCUT2D eigenvalue weighted by Gasteiger charge is 2.46. The molecule has 1 N–H and O–H groups in total. The first kappa shape index (κ1) is 15.1. The van der Waals surface area contributed by atoms with E-state index in [1.54, 1.807) is 0 Å². The Hall–Kier alpha value is 0.0800. The molecule has 0 aliphatic rings. The molecule has 0 fully saturated rings. The second kappa shape index (κ2) is 5.38. The van der Waals surface area contributed by atoms with E-state index in [4.69, 9.17) is 11.6 Å². The zero-order chi connectivity index (χ0) is 13.3. The minimum absolute atomic E-state index is 0.131. The fourth-order valence-electron chi connectivity index (χ4n) is 1.24. The van der Waals surface area contributed by atoms with E-state index in [-0.39, 0.29) is 11.3 Å². The van der Waals surface area contributed by atoms with E-state index in [9.17, 15) is 17.9 Å². The Labute approximate surface area is 118 Å². The Morgan fingerprint density at radius 3 is 2.53 bits per heavy atom. The zero-order valence-electron chi connectivity index (χ0n) is 8.90. The molecule has 0 aliphatic heterocycles. The van der Waals surface area contributed by atoms with Crippen LogP contribution in [0, 0.1) is 5.82 Å². The number of hydrogen-bond acceptors (Lipinski definition) is 3. The number of aliphatic hydroxyl groups is 1. The number of rotatable bonds is 4. The van der Waals surface area contributed by atoms with Crippen molar-refractivity contribution < 1.29 is 17.9 Å². The van der Waals surface area contributed by atoms with Gasteiger partial charge in [-0.05, 0) is 28.7 Å². The molecule has 7 heteroatoms. The van der Waals surface area contributed by atoms with Crippen LogP contribution in [-0.2, 0) is 9.84 Å². The van der Waals surface area contributed by atoms with Gasteiger partial charge in [-0.2, -0.15) is 0 Å². The standard InChI is InChI=1S/C10H11ClFIO3S/c1-2-17(15,16)10(11,13)9(14)7-5-3-4-6-8(7)12/h3-6,9,14H,2H2,1H3/t9-,10-/m1/s1. The highest BCUT2D eigenvalue weighted by atomic mass is 127. The van der Waals surface area contributed by atoms with Crippen molar-refractivity contribution >= 4 is 44.0 Å². The molecule has 17 heavy (non-hydrogen) atoms. The first-order chi connectivity index (χ1) is 7.74. The molecule has 0 bridgehead atoms. The van der Waals surface area contributed by atoms with Gasteiger partial charge < -0.3 is 5.11 Å². The predicted octanol–water partition coefficient (Wildman–Crippen LogP) is 2.62. The van der Waals surface area contributed by atoms with E-state index >= 15 is 0 Å². The molecule has 0 radical (unpaired) electrons. The van der Waals surface area contributed by atoms with E-state index in [1.807, 2.05) is 0 Å². The topological polar surface area (TPSA) is 54.4 Å². The predicted molar refractivity (Wildman–Crippen MR) is 73.4 cm³/mol. The van der Waals surface area contributed by atoms with Gasteiger partial charge in [-0.3, -0.25) is 0 Å². The van der Waals surface area contributed by atoms with E-state index < -0.39 is 24.0 Å². The van der Waals surface area contributed by atoms with Crippen LogP contribution in [0.15, 0.2) is 24.3 Å². The number of hydrogen-bond donors (Lipinski definition) is 1. The van der Waals surface area contributed by atoms with Crippen molar-refractivity contribution in [2.75, 3.05) is 5.75 Å². The van der Waals surface area contributed by atoms with Crippen molar-refractivity contribution in [2.24, 2.45) is 0 Å². The van der Waals surface area contributed by atoms with Crippen molar-refractivity contribution in [3.05, 3.63) is 35.6 Å². The summed E-state index contributed by atoms with van der Waals surface area (Å²) in [5.41, 5.74) is -0.131. The van der Waals surface area contributed by atoms with Crippen LogP contribution >= 0.6 is 34.2 Å². The van der Waals surface area contributed by atoms with Crippen molar-refractivity contribution in [3.8, 4) is 0 Å². The third kappa shape index (κ3) is 2.91. The Morgan fingerprint density at radius 2 is 2.06 bits per heavy atom. The van der Waals surface area contributed by atoms with Gasteiger partial charge in [0.2, 0.25) is 2.21 Å². The lowest BCUT2D eigenvalue weighted by molar-refractivity contribution is 0.182. The summed E-state index contributed by atoms with van der Waals surface area (Å²) in [5, 5.41) is 9.94. The molecule has 0 unspecified atom stereocenters. The average Bonchev–Trinajstić information content (AvgIpc) is 2.28. The second-order valence-corrected chi connectivity index (χ2v) is 9.73. The Bertz CT molecular complexity index is 504. The summed E-state index contributed by atoms with van der Waals surface area (Å²) in [6.45, 7) is 1.42. The van der Waals surface area contributed by atoms with Crippen molar-refractivity contribution in [1.29, 1.82) is 0 Å². The Morgan fingerprint density at radius 1 is 1.53 bits per heavy atom. The van der Waals surface area contributed by atoms with E-state index in [2.05, 4.69) is 0 Å². The highest BCUT2D eigenvalue weighted by molar-refractivity contribution is 14.1. The molecule has 0 heterocycles. The van der Waals surface area contributed by atoms with E-state index in [1.165, 1.54) is 47.7 Å². The van der Waals surface area contributed by atoms with Crippen LogP contribution in [0.25, 0.3) is 0 Å². The average molecular weight is 393 g/mol. The lowest BCUT2D eigenvalue weighted by Gasteiger charge is -2.26. The lowest BCUT2D eigenvalue weighted by atomic mass is 10.1. The maximum absolute atomic E-state index is 13.4. The van der Waals surface area contributed by atoms with Crippen LogP contribution in [0.3, 0.4) is 0 Å². The smallest absolute Gasteiger partial charge is 0.225 e. The summed E-state index contributed by atoms with van der Waals surface area (Å²) < 4.78 is 34.9. The number of benzene rings is 1. The first-order valence-corrected chi connectivity index (χ1v) is 7.87. The fourth-order valence-corrected chi connectivity index (χ4v) is 3.81. The molecule has 0 amide bonds. The van der Waals surface area contributed by atoms with Gasteiger partial charge in [0, 0.05) is 5.56 Å². The van der Waals surface area contributed by atoms with Gasteiger partial charge in [-0.1, -0.05) is 36.7 Å². The minimum atomic E-state index is -3.73. The van der Waals surface area contributed by atoms with Crippen molar-refractivity contribution in [2.45, 2.75) is 15.2 Å². The molecular formula is C10H11ClFIO3S. The van der Waals surface area contributed by atoms with E-state index in [0.717, 1.165) is 6.07 Å². The molecule has 1 aromatic rings. The monoisotopic (exact) mass is 392 g/mol. The first-order valence-electron chi connectivity index (χ1n) is 4.76. The summed E-state index contributed by atoms with van der Waals surface area (Å²) in [7, 11) is -3.73. The minimum Gasteiger partial charge on any atom is -0.384 e. The van der Waals surface area contributed by atoms with Crippen LogP contribution in [-0.4, -0.2) is 21.5 Å². The second-order valence-electron chi connectivity index (χ2n) is 3.39. The van der Waals surface area contributed by atoms with Gasteiger partial charge in [-0.25, -0.2) is 12.8 Å². The van der Waals surface area contributed by atoms with Gasteiger partial charge in [0.25, 0.3) is 0 Å². The molecule has 0 spiro atoms. The van der Waals surface area contributed by atoms with Crippen LogP contribution < -0.4 is 0 Å². The van der Waals surface area contributed by atoms with Gasteiger partial charge in [-0.15, -0.1) is 0 Å². The Balaban J connectivity index is 3.23. The van der Waals surface area contributed by atoms with Crippen LogP contribution in [0.4, 0.5) is 4.39 Å². The third-order valence-electron chi connectivity index (χ3n) is 2.31. The van der Waals surface area contributed by atoms with Gasteiger partial charge in [0.15, 0.2) is 9.84 Å². The molecule has 1 aromatic carbocycles. The SMILES string of the molecule is CCS(=O)(=O)[C@](Cl)(I)[C@H](O)c1ccccc1F. The summed E-state index contributed by atoms with van der Waals surface area (Å²) in [6.07, 6.45) is -1.63. The van der Waals surface area contributed by atoms with Crippen molar-refractivity contribution in [1.82, 2.24) is 0 Å². The van der Waals surface area contributed by atoms with Crippen LogP contribution in [0.2, 0.25) is 0 Å². The number of aliphatic hydroxyl groups excluding tert-OH is 1. The fraction of sp³-hybridized carbons (Fsp3) is 0.400. The normalized spacial score (nSPS) is 17.5. The summed E-state index contributed by atoms with van der Waals surface area (Å²) in [5.74, 6) is -0.918. The van der Waals surface area contributed by atoms with Crippen LogP contribution in [0.1, 0.15) is 18.6 Å². The molecule has 2 atom stereocenters. The van der Waals surface area contributed by atoms with E-state index in [0.29, 0.717) is 0 Å². The third-order valence-corrected chi connectivity index (χ3v) is 7.64. The maximum atomic E-state index is 13.4. The number of alkyl halides is 2. The quantitative estimate of drug-likeness (QED) is 0.633. The number of halogens is 3. The number of sulfone groups is 1.